The van der Waals surface area contributed by atoms with Gasteiger partial charge in [-0.1, -0.05) is 13.8 Å². The summed E-state index contributed by atoms with van der Waals surface area (Å²) in [7, 11) is 0. The smallest absolute Gasteiger partial charge is 0.209 e. The molecule has 0 aromatic heterocycles. The van der Waals surface area contributed by atoms with Crippen molar-refractivity contribution in [1.82, 2.24) is 0 Å². The third-order valence-corrected chi connectivity index (χ3v) is 0.899. The first kappa shape index (κ1) is 10.9. The number of ether oxygens (including phenoxy) is 2. The largest absolute Gasteiger partial charge is 0.348 e. The molecule has 0 N–H and O–H groups in total. The van der Waals surface area contributed by atoms with Crippen LogP contribution in [0, 0.1) is 12.7 Å². The van der Waals surface area contributed by atoms with Crippen LogP contribution < -0.4 is 0 Å². The maximum Gasteiger partial charge on any atom is 0.209 e. The van der Waals surface area contributed by atoms with Crippen molar-refractivity contribution in [3.05, 3.63) is 6.79 Å². The van der Waals surface area contributed by atoms with E-state index >= 15 is 0 Å². The fraction of sp³-hybridized carbons (Fsp3) is 0.889. The van der Waals surface area contributed by atoms with Crippen molar-refractivity contribution in [1.29, 1.82) is 0 Å². The predicted molar refractivity (Wildman–Crippen MR) is 45.9 cm³/mol. The van der Waals surface area contributed by atoms with Gasteiger partial charge in [0.1, 0.15) is 0 Å². The van der Waals surface area contributed by atoms with Crippen LogP contribution in [0.25, 0.3) is 0 Å². The second-order valence-electron chi connectivity index (χ2n) is 4.05. The highest BCUT2D eigenvalue weighted by atomic mass is 16.7. The number of rotatable bonds is 4. The second kappa shape index (κ2) is 4.73. The van der Waals surface area contributed by atoms with Crippen LogP contribution in [-0.2, 0) is 9.47 Å². The molecule has 0 saturated carbocycles. The quantitative estimate of drug-likeness (QED) is 0.587. The van der Waals surface area contributed by atoms with E-state index in [0.717, 1.165) is 6.61 Å². The van der Waals surface area contributed by atoms with Crippen LogP contribution >= 0.6 is 0 Å². The summed E-state index contributed by atoms with van der Waals surface area (Å²) >= 11 is 0. The fourth-order valence-electron chi connectivity index (χ4n) is 0.410. The van der Waals surface area contributed by atoms with Gasteiger partial charge in [0.25, 0.3) is 0 Å². The lowest BCUT2D eigenvalue weighted by Crippen LogP contribution is -2.18. The normalized spacial score (nSPS) is 12.5. The molecule has 0 aliphatic rings. The van der Waals surface area contributed by atoms with Crippen molar-refractivity contribution in [2.45, 2.75) is 40.2 Å². The summed E-state index contributed by atoms with van der Waals surface area (Å²) in [6.07, 6.45) is 0. The Labute approximate surface area is 69.9 Å². The molecule has 0 atom stereocenters. The lowest BCUT2D eigenvalue weighted by molar-refractivity contribution is -0.0617. The molecule has 0 aliphatic heterocycles. The van der Waals surface area contributed by atoms with Gasteiger partial charge < -0.3 is 9.47 Å². The van der Waals surface area contributed by atoms with E-state index in [2.05, 4.69) is 13.8 Å². The van der Waals surface area contributed by atoms with Crippen LogP contribution in [-0.4, -0.2) is 12.2 Å². The van der Waals surface area contributed by atoms with Crippen LogP contribution in [0.2, 0.25) is 0 Å². The summed E-state index contributed by atoms with van der Waals surface area (Å²) in [4.78, 5) is 0. The van der Waals surface area contributed by atoms with Gasteiger partial charge in [-0.2, -0.15) is 0 Å². The first-order chi connectivity index (χ1) is 4.92. The van der Waals surface area contributed by atoms with Gasteiger partial charge in [-0.3, -0.25) is 0 Å². The Hall–Kier alpha value is -0.0800. The highest BCUT2D eigenvalue weighted by Gasteiger charge is 2.09. The van der Waals surface area contributed by atoms with Gasteiger partial charge in [0.2, 0.25) is 6.79 Å². The average molecular weight is 159 g/mol. The molecule has 0 rings (SSSR count). The van der Waals surface area contributed by atoms with E-state index in [0.29, 0.717) is 5.92 Å². The fourth-order valence-corrected chi connectivity index (χ4v) is 0.410. The Morgan fingerprint density at radius 1 is 1.27 bits per heavy atom. The highest BCUT2D eigenvalue weighted by Crippen LogP contribution is 2.08. The number of hydrogen-bond donors (Lipinski definition) is 0. The van der Waals surface area contributed by atoms with Crippen LogP contribution in [0.3, 0.4) is 0 Å². The lowest BCUT2D eigenvalue weighted by atomic mass is 10.2. The molecular formula is C9H19O2. The minimum absolute atomic E-state index is 0.142. The van der Waals surface area contributed by atoms with Gasteiger partial charge >= 0.3 is 0 Å². The molecule has 2 heteroatoms. The summed E-state index contributed by atoms with van der Waals surface area (Å²) in [6, 6.07) is 0. The van der Waals surface area contributed by atoms with Gasteiger partial charge in [-0.05, 0) is 26.7 Å². The van der Waals surface area contributed by atoms with Gasteiger partial charge in [-0.25, -0.2) is 0 Å². The van der Waals surface area contributed by atoms with Crippen molar-refractivity contribution in [3.8, 4) is 0 Å². The van der Waals surface area contributed by atoms with E-state index in [9.17, 15) is 0 Å². The zero-order valence-electron chi connectivity index (χ0n) is 8.18. The standard InChI is InChI=1S/C9H19O2/c1-8(2)6-10-7-11-9(3,4)5/h7-8H,6H2,1-5H3. The van der Waals surface area contributed by atoms with Gasteiger partial charge in [0.05, 0.1) is 12.2 Å². The van der Waals surface area contributed by atoms with E-state index in [4.69, 9.17) is 9.47 Å². The maximum atomic E-state index is 5.23. The van der Waals surface area contributed by atoms with E-state index < -0.39 is 0 Å². The summed E-state index contributed by atoms with van der Waals surface area (Å²) in [5.41, 5.74) is -0.142. The minimum Gasteiger partial charge on any atom is -0.348 e. The zero-order valence-corrected chi connectivity index (χ0v) is 8.18. The molecule has 0 amide bonds. The highest BCUT2D eigenvalue weighted by molar-refractivity contribution is 4.59. The van der Waals surface area contributed by atoms with Gasteiger partial charge in [0.15, 0.2) is 0 Å². The van der Waals surface area contributed by atoms with Crippen LogP contribution in [0.1, 0.15) is 34.6 Å². The zero-order chi connectivity index (χ0) is 8.91. The Kier molecular flexibility index (Phi) is 4.69. The van der Waals surface area contributed by atoms with E-state index in [1.807, 2.05) is 20.8 Å². The topological polar surface area (TPSA) is 18.5 Å². The molecule has 1 radical (unpaired) electrons. The van der Waals surface area contributed by atoms with E-state index in [1.165, 1.54) is 6.79 Å². The first-order valence-corrected chi connectivity index (χ1v) is 4.03. The van der Waals surface area contributed by atoms with E-state index in [-0.39, 0.29) is 5.60 Å². The molecule has 67 valence electrons. The summed E-state index contributed by atoms with van der Waals surface area (Å²) < 4.78 is 10.4. The Morgan fingerprint density at radius 3 is 2.18 bits per heavy atom. The molecule has 0 unspecified atom stereocenters. The van der Waals surface area contributed by atoms with Crippen LogP contribution in [0.4, 0.5) is 0 Å². The minimum atomic E-state index is -0.142. The second-order valence-corrected chi connectivity index (χ2v) is 4.05. The number of hydrogen-bond acceptors (Lipinski definition) is 2. The maximum absolute atomic E-state index is 5.23. The van der Waals surface area contributed by atoms with Gasteiger partial charge in [0, 0.05) is 0 Å². The van der Waals surface area contributed by atoms with Crippen molar-refractivity contribution < 1.29 is 9.47 Å². The van der Waals surface area contributed by atoms with Crippen LogP contribution in [0.15, 0.2) is 0 Å². The van der Waals surface area contributed by atoms with Crippen molar-refractivity contribution >= 4 is 0 Å². The SMILES string of the molecule is CC(C)CO[CH]OC(C)(C)C. The Balaban J connectivity index is 3.15. The third kappa shape index (κ3) is 9.92. The monoisotopic (exact) mass is 159 g/mol. The molecule has 0 aromatic rings. The van der Waals surface area contributed by atoms with Crippen LogP contribution in [0.5, 0.6) is 0 Å². The molecule has 0 spiro atoms. The molecule has 11 heavy (non-hydrogen) atoms. The predicted octanol–water partition coefficient (Wildman–Crippen LogP) is 2.59. The Morgan fingerprint density at radius 2 is 1.82 bits per heavy atom. The molecule has 0 aromatic carbocycles. The molecular weight excluding hydrogens is 140 g/mol. The van der Waals surface area contributed by atoms with E-state index in [1.54, 1.807) is 0 Å². The van der Waals surface area contributed by atoms with Crippen molar-refractivity contribution in [3.63, 3.8) is 0 Å². The molecule has 0 aliphatic carbocycles. The molecule has 0 fully saturated rings. The summed E-state index contributed by atoms with van der Waals surface area (Å²) in [5, 5.41) is 0. The summed E-state index contributed by atoms with van der Waals surface area (Å²) in [6.45, 7) is 12.3. The molecule has 0 bridgehead atoms. The third-order valence-electron chi connectivity index (χ3n) is 0.899. The van der Waals surface area contributed by atoms with Crippen molar-refractivity contribution in [2.75, 3.05) is 6.61 Å². The first-order valence-electron chi connectivity index (χ1n) is 4.03. The average Bonchev–Trinajstić information content (AvgIpc) is 1.78. The Bertz CT molecular complexity index is 92.2. The lowest BCUT2D eigenvalue weighted by Gasteiger charge is -2.18. The molecule has 2 nitrogen and oxygen atoms in total. The molecule has 0 heterocycles. The van der Waals surface area contributed by atoms with Gasteiger partial charge in [-0.15, -0.1) is 0 Å². The van der Waals surface area contributed by atoms with Crippen molar-refractivity contribution in [2.24, 2.45) is 5.92 Å². The summed E-state index contributed by atoms with van der Waals surface area (Å²) in [5.74, 6) is 0.551. The molecule has 0 saturated heterocycles.